The molecule has 0 aliphatic heterocycles. The molecule has 2 aromatic rings. The third-order valence-corrected chi connectivity index (χ3v) is 3.65. The zero-order valence-corrected chi connectivity index (χ0v) is 13.2. The maximum absolute atomic E-state index is 12.0. The topological polar surface area (TPSA) is 51.2 Å². The van der Waals surface area contributed by atoms with Crippen LogP contribution in [0.25, 0.3) is 0 Å². The Bertz CT molecular complexity index is 550. The van der Waals surface area contributed by atoms with E-state index >= 15 is 0 Å². The first-order chi connectivity index (χ1) is 10.1. The molecule has 0 aliphatic carbocycles. The molecule has 1 aromatic heterocycles. The Labute approximate surface area is 129 Å². The lowest BCUT2D eigenvalue weighted by Crippen LogP contribution is -2.25. The fourth-order valence-corrected chi connectivity index (χ4v) is 2.35. The second kappa shape index (κ2) is 7.78. The summed E-state index contributed by atoms with van der Waals surface area (Å²) in [7, 11) is 0. The van der Waals surface area contributed by atoms with Crippen molar-refractivity contribution in [2.75, 3.05) is 13.2 Å². The van der Waals surface area contributed by atoms with Gasteiger partial charge in [-0.05, 0) is 30.2 Å². The van der Waals surface area contributed by atoms with Crippen LogP contribution < -0.4 is 10.1 Å². The molecule has 1 N–H and O–H groups in total. The molecule has 2 rings (SSSR count). The molecule has 0 bridgehead atoms. The van der Waals surface area contributed by atoms with Crippen molar-refractivity contribution >= 4 is 17.2 Å². The highest BCUT2D eigenvalue weighted by atomic mass is 32.1. The molecule has 21 heavy (non-hydrogen) atoms. The van der Waals surface area contributed by atoms with Gasteiger partial charge in [0, 0.05) is 30.1 Å². The quantitative estimate of drug-likeness (QED) is 0.855. The lowest BCUT2D eigenvalue weighted by molar-refractivity contribution is 0.0954. The zero-order valence-electron chi connectivity index (χ0n) is 12.3. The van der Waals surface area contributed by atoms with E-state index in [1.165, 1.54) is 0 Å². The number of nitrogens with zero attached hydrogens (tertiary/aromatic N) is 1. The number of aromatic nitrogens is 1. The average molecular weight is 304 g/mol. The molecule has 5 heteroatoms. The van der Waals surface area contributed by atoms with Gasteiger partial charge < -0.3 is 10.1 Å². The average Bonchev–Trinajstić information content (AvgIpc) is 2.99. The summed E-state index contributed by atoms with van der Waals surface area (Å²) >= 11 is 1.60. The summed E-state index contributed by atoms with van der Waals surface area (Å²) in [6.07, 6.45) is 2.54. The molecule has 0 spiro atoms. The van der Waals surface area contributed by atoms with Gasteiger partial charge in [-0.2, -0.15) is 0 Å². The van der Waals surface area contributed by atoms with Crippen molar-refractivity contribution in [2.24, 2.45) is 5.92 Å². The van der Waals surface area contributed by atoms with Crippen LogP contribution in [0.5, 0.6) is 5.75 Å². The Kier molecular flexibility index (Phi) is 5.75. The van der Waals surface area contributed by atoms with Gasteiger partial charge in [-0.15, -0.1) is 11.3 Å². The van der Waals surface area contributed by atoms with Gasteiger partial charge in [0.15, 0.2) is 0 Å². The van der Waals surface area contributed by atoms with Gasteiger partial charge in [-0.25, -0.2) is 4.98 Å². The van der Waals surface area contributed by atoms with E-state index in [1.807, 2.05) is 17.5 Å². The Morgan fingerprint density at radius 1 is 1.33 bits per heavy atom. The van der Waals surface area contributed by atoms with Crippen LogP contribution in [-0.4, -0.2) is 24.0 Å². The largest absolute Gasteiger partial charge is 0.493 e. The van der Waals surface area contributed by atoms with Crippen molar-refractivity contribution in [3.8, 4) is 5.75 Å². The lowest BCUT2D eigenvalue weighted by Gasteiger charge is -2.09. The number of carbonyl (C=O) groups is 1. The zero-order chi connectivity index (χ0) is 15.1. The van der Waals surface area contributed by atoms with Gasteiger partial charge in [0.25, 0.3) is 5.91 Å². The summed E-state index contributed by atoms with van der Waals surface area (Å²) in [4.78, 5) is 16.2. The van der Waals surface area contributed by atoms with Crippen molar-refractivity contribution in [3.05, 3.63) is 46.4 Å². The van der Waals surface area contributed by atoms with Gasteiger partial charge in [-0.3, -0.25) is 4.79 Å². The van der Waals surface area contributed by atoms with Crippen molar-refractivity contribution in [1.29, 1.82) is 0 Å². The van der Waals surface area contributed by atoms with E-state index in [4.69, 9.17) is 4.74 Å². The predicted molar refractivity (Wildman–Crippen MR) is 84.9 cm³/mol. The number of rotatable bonds is 7. The number of ether oxygens (including phenoxy) is 1. The predicted octanol–water partition coefficient (Wildman–Crippen LogP) is 3.15. The van der Waals surface area contributed by atoms with Crippen LogP contribution in [-0.2, 0) is 6.42 Å². The Morgan fingerprint density at radius 2 is 2.10 bits per heavy atom. The normalized spacial score (nSPS) is 10.6. The number of benzene rings is 1. The van der Waals surface area contributed by atoms with E-state index in [0.717, 1.165) is 17.2 Å². The standard InChI is InChI=1S/C16H20N2O2S/c1-12(2)11-20-14-5-3-13(4-6-14)16(19)18-8-7-15-17-9-10-21-15/h3-6,9-10,12H,7-8,11H2,1-2H3,(H,18,19). The van der Waals surface area contributed by atoms with Crippen LogP contribution in [0.15, 0.2) is 35.8 Å². The number of amides is 1. The minimum atomic E-state index is -0.0676. The molecule has 112 valence electrons. The molecule has 1 aromatic carbocycles. The first-order valence-electron chi connectivity index (χ1n) is 7.04. The maximum atomic E-state index is 12.0. The van der Waals surface area contributed by atoms with Crippen molar-refractivity contribution < 1.29 is 9.53 Å². The van der Waals surface area contributed by atoms with Gasteiger partial charge in [0.05, 0.1) is 11.6 Å². The van der Waals surface area contributed by atoms with Crippen LogP contribution in [0.2, 0.25) is 0 Å². The smallest absolute Gasteiger partial charge is 0.251 e. The van der Waals surface area contributed by atoms with Gasteiger partial charge in [-0.1, -0.05) is 13.8 Å². The number of carbonyl (C=O) groups excluding carboxylic acids is 1. The fourth-order valence-electron chi connectivity index (χ4n) is 1.73. The van der Waals surface area contributed by atoms with Gasteiger partial charge in [0.1, 0.15) is 5.75 Å². The SMILES string of the molecule is CC(C)COc1ccc(C(=O)NCCc2nccs2)cc1. The molecule has 0 fully saturated rings. The molecular formula is C16H20N2O2S. The molecule has 1 amide bonds. The molecular weight excluding hydrogens is 284 g/mol. The van der Waals surface area contributed by atoms with Gasteiger partial charge in [0.2, 0.25) is 0 Å². The van der Waals surface area contributed by atoms with E-state index < -0.39 is 0 Å². The highest BCUT2D eigenvalue weighted by Crippen LogP contribution is 2.13. The minimum Gasteiger partial charge on any atom is -0.493 e. The van der Waals surface area contributed by atoms with Crippen LogP contribution in [0.3, 0.4) is 0 Å². The first-order valence-corrected chi connectivity index (χ1v) is 7.92. The van der Waals surface area contributed by atoms with Crippen LogP contribution in [0.4, 0.5) is 0 Å². The molecule has 4 nitrogen and oxygen atoms in total. The minimum absolute atomic E-state index is 0.0676. The Balaban J connectivity index is 1.79. The molecule has 0 saturated carbocycles. The van der Waals surface area contributed by atoms with E-state index in [2.05, 4.69) is 24.1 Å². The van der Waals surface area contributed by atoms with E-state index in [0.29, 0.717) is 24.6 Å². The molecule has 1 heterocycles. The third kappa shape index (κ3) is 5.19. The van der Waals surface area contributed by atoms with Crippen molar-refractivity contribution in [3.63, 3.8) is 0 Å². The second-order valence-electron chi connectivity index (χ2n) is 5.16. The van der Waals surface area contributed by atoms with Crippen LogP contribution in [0.1, 0.15) is 29.2 Å². The Morgan fingerprint density at radius 3 is 2.71 bits per heavy atom. The fraction of sp³-hybridized carbons (Fsp3) is 0.375. The summed E-state index contributed by atoms with van der Waals surface area (Å²) in [5, 5.41) is 5.87. The van der Waals surface area contributed by atoms with E-state index in [1.54, 1.807) is 29.7 Å². The summed E-state index contributed by atoms with van der Waals surface area (Å²) in [5.41, 5.74) is 0.644. The first kappa shape index (κ1) is 15.5. The molecule has 0 unspecified atom stereocenters. The molecule has 0 radical (unpaired) electrons. The number of hydrogen-bond acceptors (Lipinski definition) is 4. The Hall–Kier alpha value is -1.88. The summed E-state index contributed by atoms with van der Waals surface area (Å²) in [6, 6.07) is 7.24. The summed E-state index contributed by atoms with van der Waals surface area (Å²) in [6.45, 7) is 5.48. The summed E-state index contributed by atoms with van der Waals surface area (Å²) < 4.78 is 5.59. The van der Waals surface area contributed by atoms with Crippen LogP contribution in [0, 0.1) is 5.92 Å². The summed E-state index contributed by atoms with van der Waals surface area (Å²) in [5.74, 6) is 1.21. The van der Waals surface area contributed by atoms with Crippen molar-refractivity contribution in [2.45, 2.75) is 20.3 Å². The molecule has 0 aliphatic rings. The third-order valence-electron chi connectivity index (χ3n) is 2.81. The molecule has 0 atom stereocenters. The lowest BCUT2D eigenvalue weighted by atomic mass is 10.2. The highest BCUT2D eigenvalue weighted by Gasteiger charge is 2.06. The van der Waals surface area contributed by atoms with Crippen molar-refractivity contribution in [1.82, 2.24) is 10.3 Å². The highest BCUT2D eigenvalue weighted by molar-refractivity contribution is 7.09. The second-order valence-corrected chi connectivity index (χ2v) is 6.14. The molecule has 0 saturated heterocycles. The van der Waals surface area contributed by atoms with Gasteiger partial charge >= 0.3 is 0 Å². The van der Waals surface area contributed by atoms with Crippen LogP contribution >= 0.6 is 11.3 Å². The van der Waals surface area contributed by atoms with E-state index in [-0.39, 0.29) is 5.91 Å². The number of nitrogens with one attached hydrogen (secondary N) is 1. The monoisotopic (exact) mass is 304 g/mol. The number of thiazole rings is 1. The van der Waals surface area contributed by atoms with E-state index in [9.17, 15) is 4.79 Å². The maximum Gasteiger partial charge on any atom is 0.251 e. The number of hydrogen-bond donors (Lipinski definition) is 1.